The second kappa shape index (κ2) is 24.3. The van der Waals surface area contributed by atoms with E-state index in [4.69, 9.17) is 19.2 Å². The summed E-state index contributed by atoms with van der Waals surface area (Å²) in [7, 11) is 0. The number of cyclic esters (lactones) is 1. The molecule has 0 saturated heterocycles. The molecule has 4 aliphatic rings. The van der Waals surface area contributed by atoms with Gasteiger partial charge in [0.05, 0.1) is 65.9 Å². The fourth-order valence-electron chi connectivity index (χ4n) is 10.6. The van der Waals surface area contributed by atoms with E-state index in [1.807, 2.05) is 0 Å². The van der Waals surface area contributed by atoms with Gasteiger partial charge in [-0.25, -0.2) is 23.9 Å². The van der Waals surface area contributed by atoms with Gasteiger partial charge in [-0.3, -0.25) is 43.2 Å². The van der Waals surface area contributed by atoms with Crippen molar-refractivity contribution in [1.82, 2.24) is 41.5 Å². The molecule has 3 atom stereocenters. The van der Waals surface area contributed by atoms with Crippen LogP contribution >= 0.6 is 0 Å². The monoisotopic (exact) mass is 1160 g/mol. The first-order chi connectivity index (χ1) is 40.8. The van der Waals surface area contributed by atoms with Crippen molar-refractivity contribution < 1.29 is 71.7 Å². The number of rotatable bonds is 21. The van der Waals surface area contributed by atoms with Crippen LogP contribution in [0.5, 0.6) is 0 Å². The van der Waals surface area contributed by atoms with Crippen LogP contribution in [0.4, 0.5) is 10.1 Å². The minimum atomic E-state index is -2.07. The molecule has 0 spiro atoms. The third-order valence-electron chi connectivity index (χ3n) is 15.0. The average molecular weight is 1160 g/mol. The number of halogens is 1. The molecule has 6 aromatic rings. The highest BCUT2D eigenvalue weighted by Gasteiger charge is 2.46. The number of carbonyl (C=O) groups excluding carboxylic acids is 10. The number of pyridine rings is 2. The van der Waals surface area contributed by atoms with Gasteiger partial charge >= 0.3 is 11.9 Å². The van der Waals surface area contributed by atoms with Crippen LogP contribution < -0.4 is 42.4 Å². The van der Waals surface area contributed by atoms with E-state index in [-0.39, 0.29) is 72.5 Å². The summed E-state index contributed by atoms with van der Waals surface area (Å²) < 4.78 is 33.0. The molecule has 3 aliphatic heterocycles. The van der Waals surface area contributed by atoms with E-state index in [0.717, 1.165) is 23.1 Å². The van der Waals surface area contributed by atoms with E-state index >= 15 is 4.39 Å². The van der Waals surface area contributed by atoms with E-state index in [2.05, 4.69) is 31.9 Å². The number of hydrogen-bond acceptors (Lipinski definition) is 16. The fraction of sp³-hybridized carbons (Fsp3) is 0.267. The Kier molecular flexibility index (Phi) is 16.6. The van der Waals surface area contributed by atoms with Crippen molar-refractivity contribution >= 4 is 75.8 Å². The smallest absolute Gasteiger partial charge is 0.343 e. The van der Waals surface area contributed by atoms with E-state index in [0.29, 0.717) is 50.2 Å². The molecule has 0 saturated carbocycles. The highest BCUT2D eigenvalue weighted by atomic mass is 19.1. The Labute approximate surface area is 482 Å². The van der Waals surface area contributed by atoms with Crippen LogP contribution in [0.25, 0.3) is 22.3 Å². The molecule has 0 radical (unpaired) electrons. The highest BCUT2D eigenvalue weighted by molar-refractivity contribution is 6.28. The normalized spacial score (nSPS) is 16.4. The number of carbonyl (C=O) groups is 10. The molecular weight excluding hydrogens is 1110 g/mol. The lowest BCUT2D eigenvalue weighted by atomic mass is 9.86. The van der Waals surface area contributed by atoms with Crippen molar-refractivity contribution in [2.45, 2.75) is 70.6 Å². The van der Waals surface area contributed by atoms with Crippen LogP contribution in [0.15, 0.2) is 108 Å². The Hall–Kier alpha value is -10.3. The predicted molar refractivity (Wildman–Crippen MR) is 297 cm³/mol. The highest BCUT2D eigenvalue weighted by Crippen LogP contribution is 2.47. The maximum atomic E-state index is 15.4. The number of esters is 2. The molecule has 10 rings (SSSR count). The minimum Gasteiger partial charge on any atom is -0.458 e. The molecule has 1 aliphatic carbocycles. The Bertz CT molecular complexity index is 3890. The van der Waals surface area contributed by atoms with Crippen molar-refractivity contribution in [2.75, 3.05) is 37.9 Å². The molecule has 0 bridgehead atoms. The van der Waals surface area contributed by atoms with E-state index in [1.165, 1.54) is 22.8 Å². The van der Waals surface area contributed by atoms with E-state index < -0.39 is 121 Å². The summed E-state index contributed by atoms with van der Waals surface area (Å²) >= 11 is 0. The Balaban J connectivity index is 0.707. The van der Waals surface area contributed by atoms with Crippen LogP contribution in [-0.2, 0) is 90.8 Å². The number of hydrogen-bond donors (Lipinski definition) is 7. The van der Waals surface area contributed by atoms with Gasteiger partial charge in [-0.05, 0) is 71.8 Å². The Morgan fingerprint density at radius 2 is 1.46 bits per heavy atom. The van der Waals surface area contributed by atoms with Crippen LogP contribution in [0.2, 0.25) is 0 Å². The number of nitrogens with zero attached hydrogens (tertiary/aromatic N) is 3. The van der Waals surface area contributed by atoms with Crippen molar-refractivity contribution in [3.8, 4) is 11.4 Å². The first-order valence-corrected chi connectivity index (χ1v) is 26.8. The Morgan fingerprint density at radius 3 is 2.18 bits per heavy atom. The molecule has 0 unspecified atom stereocenters. The minimum absolute atomic E-state index is 0.0313. The number of aliphatic hydroxyl groups is 1. The van der Waals surface area contributed by atoms with Gasteiger partial charge in [0.25, 0.3) is 23.3 Å². The first kappa shape index (κ1) is 57.9. The number of amides is 8. The summed E-state index contributed by atoms with van der Waals surface area (Å²) in [5, 5.41) is 27.1. The molecule has 24 nitrogen and oxygen atoms in total. The summed E-state index contributed by atoms with van der Waals surface area (Å²) in [5.41, 5.74) is 1.64. The second-order valence-electron chi connectivity index (χ2n) is 20.4. The number of benzene rings is 4. The van der Waals surface area contributed by atoms with Gasteiger partial charge in [0, 0.05) is 46.7 Å². The summed E-state index contributed by atoms with van der Waals surface area (Å²) in [5.74, 6) is -8.33. The number of nitrogens with one attached hydrogen (secondary N) is 6. The van der Waals surface area contributed by atoms with Gasteiger partial charge in [0.1, 0.15) is 38.4 Å². The van der Waals surface area contributed by atoms with Gasteiger partial charge in [0.15, 0.2) is 5.60 Å². The number of ether oxygens (including phenoxy) is 3. The lowest BCUT2D eigenvalue weighted by molar-refractivity contribution is -0.172. The van der Waals surface area contributed by atoms with E-state index in [1.54, 1.807) is 80.6 Å². The van der Waals surface area contributed by atoms with Crippen LogP contribution in [0, 0.1) is 12.7 Å². The maximum absolute atomic E-state index is 15.4. The topological polar surface area (TPSA) is 329 Å². The van der Waals surface area contributed by atoms with Gasteiger partial charge in [-0.1, -0.05) is 67.6 Å². The number of fused-ring (bicyclic) bond motifs is 5. The Morgan fingerprint density at radius 1 is 0.788 bits per heavy atom. The summed E-state index contributed by atoms with van der Waals surface area (Å²) in [6.45, 7) is -0.119. The van der Waals surface area contributed by atoms with Crippen molar-refractivity contribution in [3.63, 3.8) is 0 Å². The van der Waals surface area contributed by atoms with Crippen LogP contribution in [0.3, 0.4) is 0 Å². The molecule has 0 fully saturated rings. The van der Waals surface area contributed by atoms with Crippen LogP contribution in [-0.4, -0.2) is 113 Å². The summed E-state index contributed by atoms with van der Waals surface area (Å²) in [4.78, 5) is 150. The molecular formula is C60H54FN9O15. The summed E-state index contributed by atoms with van der Waals surface area (Å²) in [6, 6.07) is 21.8. The standard InChI is InChI=1S/C60H54FN9O15/c1-3-60(82)40-21-45-54-38(26-69(45)57(79)39(40)28-85-59(60)81)53-42(20-37-31(2)41(61)22-43(68-54)52(37)53)66-49(74)29-83-30-65-47(72)24-64-56(78)44(16-32-10-6-4-7-11-32)67-48(73)25-62-46(71)23-63-55(77)34-17-35(58(80)84-27-33-12-8-5-9-13-33)19-36(18-34)70-50(75)14-15-51(70)76/h4-15,17-19,21-22,42,44,82H,3,16,20,23-30H2,1-2H3,(H,62,71)(H,63,77)(H,64,78)(H,65,72)(H,66,74)(H,67,73)/t42-,44-,60-/m0/s1. The molecule has 2 aromatic heterocycles. The fourth-order valence-corrected chi connectivity index (χ4v) is 10.6. The zero-order valence-corrected chi connectivity index (χ0v) is 45.6. The zero-order chi connectivity index (χ0) is 60.3. The lowest BCUT2D eigenvalue weighted by Crippen LogP contribution is -2.52. The third-order valence-corrected chi connectivity index (χ3v) is 15.0. The molecule has 7 N–H and O–H groups in total. The SMILES string of the molecule is CC[C@@]1(O)C(=O)OCc2c1cc1n(c2=O)Cc2c-1nc1cc(F)c(C)c3c1c2[C@@H](NC(=O)COCNC(=O)CNC(=O)[C@H](Cc1ccccc1)NC(=O)CNC(=O)CNC(=O)c1cc(C(=O)OCc2ccccc2)cc(N2C(=O)C=CC2=O)c1)C3. The van der Waals surface area contributed by atoms with E-state index in [9.17, 15) is 57.8 Å². The summed E-state index contributed by atoms with van der Waals surface area (Å²) in [6.07, 6.45) is 2.14. The van der Waals surface area contributed by atoms with Crippen molar-refractivity contribution in [2.24, 2.45) is 0 Å². The zero-order valence-electron chi connectivity index (χ0n) is 45.6. The van der Waals surface area contributed by atoms with Gasteiger partial charge in [-0.15, -0.1) is 0 Å². The molecule has 25 heteroatoms. The lowest BCUT2D eigenvalue weighted by Gasteiger charge is -2.31. The predicted octanol–water partition coefficient (Wildman–Crippen LogP) is 1.51. The number of aromatic nitrogens is 2. The third kappa shape index (κ3) is 12.0. The average Bonchev–Trinajstić information content (AvgIpc) is 1.75. The second-order valence-corrected chi connectivity index (χ2v) is 20.4. The largest absolute Gasteiger partial charge is 0.458 e. The maximum Gasteiger partial charge on any atom is 0.343 e. The first-order valence-electron chi connectivity index (χ1n) is 26.8. The van der Waals surface area contributed by atoms with Crippen molar-refractivity contribution in [3.05, 3.63) is 175 Å². The number of anilines is 1. The molecule has 8 amide bonds. The number of imide groups is 1. The van der Waals surface area contributed by atoms with Gasteiger partial charge in [0.2, 0.25) is 29.5 Å². The van der Waals surface area contributed by atoms with Crippen LogP contribution in [0.1, 0.15) is 84.6 Å². The van der Waals surface area contributed by atoms with Gasteiger partial charge < -0.3 is 55.8 Å². The molecule has 436 valence electrons. The van der Waals surface area contributed by atoms with Crippen molar-refractivity contribution in [1.29, 1.82) is 0 Å². The molecule has 85 heavy (non-hydrogen) atoms. The molecule has 4 aromatic carbocycles. The van der Waals surface area contributed by atoms with Gasteiger partial charge in [-0.2, -0.15) is 0 Å². The molecule has 5 heterocycles. The quantitative estimate of drug-likeness (QED) is 0.0232.